The third kappa shape index (κ3) is 6.48. The highest BCUT2D eigenvalue weighted by Gasteiger charge is 2.25. The van der Waals surface area contributed by atoms with Crippen LogP contribution in [0.4, 0.5) is 0 Å². The van der Waals surface area contributed by atoms with Crippen molar-refractivity contribution in [1.82, 2.24) is 9.88 Å². The number of carbonyl (C=O) groups is 1. The summed E-state index contributed by atoms with van der Waals surface area (Å²) in [6.07, 6.45) is 0.918. The second-order valence-corrected chi connectivity index (χ2v) is 8.37. The van der Waals surface area contributed by atoms with Gasteiger partial charge in [0.15, 0.2) is 10.8 Å². The molecule has 0 fully saturated rings. The van der Waals surface area contributed by atoms with E-state index >= 15 is 0 Å². The first kappa shape index (κ1) is 23.1. The van der Waals surface area contributed by atoms with Crippen LogP contribution in [0.5, 0.6) is 0 Å². The van der Waals surface area contributed by atoms with E-state index in [0.717, 1.165) is 5.56 Å². The zero-order valence-corrected chi connectivity index (χ0v) is 18.8. The summed E-state index contributed by atoms with van der Waals surface area (Å²) in [6, 6.07) is 13.2. The van der Waals surface area contributed by atoms with Gasteiger partial charge in [-0.3, -0.25) is 4.79 Å². The molecule has 2 heterocycles. The van der Waals surface area contributed by atoms with Crippen LogP contribution in [-0.2, 0) is 9.47 Å². The fourth-order valence-electron chi connectivity index (χ4n) is 2.95. The molecule has 31 heavy (non-hydrogen) atoms. The number of furan rings is 1. The molecule has 0 saturated heterocycles. The van der Waals surface area contributed by atoms with Crippen LogP contribution in [0.25, 0.3) is 22.0 Å². The van der Waals surface area contributed by atoms with E-state index < -0.39 is 6.10 Å². The van der Waals surface area contributed by atoms with Crippen molar-refractivity contribution in [3.05, 3.63) is 53.6 Å². The molecular weight excluding hydrogens is 416 g/mol. The lowest BCUT2D eigenvalue weighted by Gasteiger charge is -2.21. The molecule has 3 rings (SSSR count). The van der Waals surface area contributed by atoms with Crippen LogP contribution in [0.1, 0.15) is 23.5 Å². The van der Waals surface area contributed by atoms with Crippen molar-refractivity contribution in [3.8, 4) is 22.0 Å². The van der Waals surface area contributed by atoms with Gasteiger partial charge in [-0.05, 0) is 26.0 Å². The Hall–Kier alpha value is -2.52. The molecule has 2 aromatic heterocycles. The molecule has 7 nitrogen and oxygen atoms in total. The van der Waals surface area contributed by atoms with E-state index in [9.17, 15) is 9.90 Å². The average Bonchev–Trinajstić information content (AvgIpc) is 3.43. The van der Waals surface area contributed by atoms with Crippen LogP contribution in [0.3, 0.4) is 0 Å². The van der Waals surface area contributed by atoms with Crippen LogP contribution in [0.2, 0.25) is 0 Å². The first-order valence-corrected chi connectivity index (χ1v) is 11.0. The maximum Gasteiger partial charge on any atom is 0.266 e. The lowest BCUT2D eigenvalue weighted by molar-refractivity contribution is -0.0159. The summed E-state index contributed by atoms with van der Waals surface area (Å²) in [7, 11) is 1.66. The molecule has 0 aliphatic carbocycles. The molecule has 0 unspecified atom stereocenters. The summed E-state index contributed by atoms with van der Waals surface area (Å²) in [4.78, 5) is 19.9. The molecule has 8 heteroatoms. The van der Waals surface area contributed by atoms with Crippen LogP contribution in [-0.4, -0.2) is 66.5 Å². The molecule has 1 amide bonds. The van der Waals surface area contributed by atoms with Gasteiger partial charge in [-0.2, -0.15) is 0 Å². The van der Waals surface area contributed by atoms with Crippen LogP contribution < -0.4 is 0 Å². The van der Waals surface area contributed by atoms with Crippen molar-refractivity contribution < 1.29 is 23.8 Å². The number of likely N-dealkylation sites (N-methyl/N-ethyl adjacent to an activating group) is 1. The normalized spacial score (nSPS) is 12.3. The Morgan fingerprint density at radius 1 is 1.19 bits per heavy atom. The number of ether oxygens (including phenoxy) is 2. The molecule has 0 saturated carbocycles. The topological polar surface area (TPSA) is 85.0 Å². The highest BCUT2D eigenvalue weighted by Crippen LogP contribution is 2.34. The Labute approximate surface area is 186 Å². The van der Waals surface area contributed by atoms with Crippen molar-refractivity contribution in [3.63, 3.8) is 0 Å². The van der Waals surface area contributed by atoms with Crippen molar-refractivity contribution in [2.75, 3.05) is 33.4 Å². The molecule has 166 valence electrons. The average molecular weight is 445 g/mol. The van der Waals surface area contributed by atoms with Crippen LogP contribution in [0.15, 0.2) is 53.1 Å². The maximum absolute atomic E-state index is 13.2. The van der Waals surface area contributed by atoms with Gasteiger partial charge in [-0.15, -0.1) is 11.3 Å². The second-order valence-electron chi connectivity index (χ2n) is 7.37. The number of nitrogens with zero attached hydrogens (tertiary/aromatic N) is 2. The number of carbonyl (C=O) groups excluding carboxylic acids is 1. The Morgan fingerprint density at radius 2 is 1.97 bits per heavy atom. The number of rotatable bonds is 11. The molecule has 0 spiro atoms. The zero-order chi connectivity index (χ0) is 22.2. The van der Waals surface area contributed by atoms with Crippen molar-refractivity contribution >= 4 is 17.2 Å². The number of aliphatic hydroxyl groups is 1. The largest absolute Gasteiger partial charge is 0.462 e. The molecule has 1 N–H and O–H groups in total. The van der Waals surface area contributed by atoms with E-state index in [4.69, 9.17) is 13.9 Å². The van der Waals surface area contributed by atoms with Crippen molar-refractivity contribution in [2.24, 2.45) is 0 Å². The number of aliphatic hydroxyl groups excluding tert-OH is 1. The summed E-state index contributed by atoms with van der Waals surface area (Å²) in [5, 5.41) is 10.9. The third-order valence-electron chi connectivity index (χ3n) is 4.42. The predicted molar refractivity (Wildman–Crippen MR) is 120 cm³/mol. The van der Waals surface area contributed by atoms with Gasteiger partial charge in [-0.25, -0.2) is 4.98 Å². The van der Waals surface area contributed by atoms with E-state index in [0.29, 0.717) is 34.6 Å². The number of hydrogen-bond acceptors (Lipinski definition) is 7. The summed E-state index contributed by atoms with van der Waals surface area (Å²) in [5.74, 6) is 0.400. The summed E-state index contributed by atoms with van der Waals surface area (Å²) >= 11 is 1.28. The molecule has 0 aliphatic rings. The van der Waals surface area contributed by atoms with E-state index in [1.165, 1.54) is 16.2 Å². The lowest BCUT2D eigenvalue weighted by atomic mass is 10.1. The first-order valence-electron chi connectivity index (χ1n) is 10.2. The molecule has 0 aliphatic heterocycles. The number of amides is 1. The molecule has 0 bridgehead atoms. The smallest absolute Gasteiger partial charge is 0.266 e. The summed E-state index contributed by atoms with van der Waals surface area (Å²) < 4.78 is 16.3. The number of aromatic nitrogens is 1. The third-order valence-corrected chi connectivity index (χ3v) is 5.48. The summed E-state index contributed by atoms with van der Waals surface area (Å²) in [6.45, 7) is 5.05. The highest BCUT2D eigenvalue weighted by molar-refractivity contribution is 7.17. The van der Waals surface area contributed by atoms with Crippen molar-refractivity contribution in [1.29, 1.82) is 0 Å². The van der Waals surface area contributed by atoms with Gasteiger partial charge < -0.3 is 23.9 Å². The Balaban J connectivity index is 1.68. The van der Waals surface area contributed by atoms with Crippen LogP contribution >= 0.6 is 11.3 Å². The second kappa shape index (κ2) is 11.2. The Bertz CT molecular complexity index is 940. The summed E-state index contributed by atoms with van der Waals surface area (Å²) in [5.41, 5.74) is 1.45. The van der Waals surface area contributed by atoms with E-state index in [1.807, 2.05) is 50.2 Å². The van der Waals surface area contributed by atoms with Gasteiger partial charge in [0.05, 0.1) is 44.0 Å². The number of thiazole rings is 1. The van der Waals surface area contributed by atoms with Gasteiger partial charge in [0.2, 0.25) is 0 Å². The SMILES string of the molecule is CC(C)OCCOC[C@H](O)CN(C)C(=O)c1sc(-c2ccco2)nc1-c1ccccc1. The monoisotopic (exact) mass is 444 g/mol. The van der Waals surface area contributed by atoms with E-state index in [1.54, 1.807) is 19.4 Å². The predicted octanol–water partition coefficient (Wildman–Crippen LogP) is 3.94. The van der Waals surface area contributed by atoms with Crippen molar-refractivity contribution in [2.45, 2.75) is 26.1 Å². The standard InChI is InChI=1S/C23H28N2O5S/c1-16(2)29-13-12-28-15-18(26)14-25(3)23(27)21-20(17-8-5-4-6-9-17)24-22(31-21)19-10-7-11-30-19/h4-11,16,18,26H,12-15H2,1-3H3/t18-/m1/s1. The molecule has 0 radical (unpaired) electrons. The quantitative estimate of drug-likeness (QED) is 0.451. The molecule has 3 aromatic rings. The first-order chi connectivity index (χ1) is 15.0. The minimum Gasteiger partial charge on any atom is -0.462 e. The lowest BCUT2D eigenvalue weighted by Crippen LogP contribution is -2.36. The van der Waals surface area contributed by atoms with Gasteiger partial charge >= 0.3 is 0 Å². The minimum atomic E-state index is -0.800. The fourth-order valence-corrected chi connectivity index (χ4v) is 4.00. The Kier molecular flexibility index (Phi) is 8.36. The Morgan fingerprint density at radius 3 is 2.65 bits per heavy atom. The molecule has 1 aromatic carbocycles. The molecular formula is C23H28N2O5S. The van der Waals surface area contributed by atoms with Gasteiger partial charge in [0.25, 0.3) is 5.91 Å². The van der Waals surface area contributed by atoms with Gasteiger partial charge in [0, 0.05) is 19.2 Å². The van der Waals surface area contributed by atoms with Gasteiger partial charge in [-0.1, -0.05) is 30.3 Å². The maximum atomic E-state index is 13.2. The number of benzene rings is 1. The minimum absolute atomic E-state index is 0.130. The van der Waals surface area contributed by atoms with E-state index in [-0.39, 0.29) is 25.2 Å². The zero-order valence-electron chi connectivity index (χ0n) is 18.0. The fraction of sp³-hybridized carbons (Fsp3) is 0.391. The van der Waals surface area contributed by atoms with E-state index in [2.05, 4.69) is 4.98 Å². The van der Waals surface area contributed by atoms with Gasteiger partial charge in [0.1, 0.15) is 4.88 Å². The van der Waals surface area contributed by atoms with Crippen LogP contribution in [0, 0.1) is 0 Å². The molecule has 1 atom stereocenters. The number of hydrogen-bond donors (Lipinski definition) is 1. The highest BCUT2D eigenvalue weighted by atomic mass is 32.1.